The second-order valence-electron chi connectivity index (χ2n) is 5.15. The minimum absolute atomic E-state index is 0.256. The van der Waals surface area contributed by atoms with E-state index in [0.29, 0.717) is 44.3 Å². The smallest absolute Gasteiger partial charge is 0.271 e. The molecular weight excluding hydrogens is 298 g/mol. The summed E-state index contributed by atoms with van der Waals surface area (Å²) in [5.74, 6) is 1.08. The van der Waals surface area contributed by atoms with Crippen LogP contribution in [0.4, 0.5) is 5.82 Å². The number of carbonyl (C=O) groups excluding carboxylic acids is 2. The maximum Gasteiger partial charge on any atom is 0.271 e. The van der Waals surface area contributed by atoms with Crippen molar-refractivity contribution < 1.29 is 14.0 Å². The zero-order valence-corrected chi connectivity index (χ0v) is 12.5. The van der Waals surface area contributed by atoms with E-state index in [0.717, 1.165) is 6.41 Å². The van der Waals surface area contributed by atoms with Gasteiger partial charge in [0.05, 0.1) is 25.2 Å². The summed E-state index contributed by atoms with van der Waals surface area (Å²) in [6, 6.07) is 3.55. The third-order valence-electron chi connectivity index (χ3n) is 3.66. The molecule has 3 heterocycles. The first-order valence-corrected chi connectivity index (χ1v) is 7.33. The Kier molecular flexibility index (Phi) is 4.51. The van der Waals surface area contributed by atoms with Gasteiger partial charge in [-0.3, -0.25) is 9.59 Å². The van der Waals surface area contributed by atoms with Gasteiger partial charge in [0.25, 0.3) is 5.91 Å². The molecule has 1 saturated heterocycles. The van der Waals surface area contributed by atoms with E-state index >= 15 is 0 Å². The highest BCUT2D eigenvalue weighted by Gasteiger charge is 2.17. The molecule has 1 N–H and O–H groups in total. The molecule has 120 valence electrons. The van der Waals surface area contributed by atoms with Gasteiger partial charge < -0.3 is 19.5 Å². The fraction of sp³-hybridized carbons (Fsp3) is 0.333. The molecule has 0 spiro atoms. The fourth-order valence-electron chi connectivity index (χ4n) is 2.33. The first-order chi connectivity index (χ1) is 11.3. The van der Waals surface area contributed by atoms with Gasteiger partial charge in [-0.1, -0.05) is 0 Å². The molecule has 0 aromatic carbocycles. The van der Waals surface area contributed by atoms with Gasteiger partial charge in [-0.2, -0.15) is 0 Å². The lowest BCUT2D eigenvalue weighted by Crippen LogP contribution is -2.46. The van der Waals surface area contributed by atoms with Gasteiger partial charge >= 0.3 is 0 Å². The lowest BCUT2D eigenvalue weighted by Gasteiger charge is -2.33. The van der Waals surface area contributed by atoms with Crippen LogP contribution in [0.2, 0.25) is 0 Å². The molecule has 8 nitrogen and oxygen atoms in total. The Morgan fingerprint density at radius 1 is 1.26 bits per heavy atom. The van der Waals surface area contributed by atoms with Crippen LogP contribution in [0, 0.1) is 0 Å². The van der Waals surface area contributed by atoms with E-state index in [-0.39, 0.29) is 11.6 Å². The Balaban J connectivity index is 1.56. The Hall–Kier alpha value is -2.90. The molecule has 0 radical (unpaired) electrons. The second kappa shape index (κ2) is 6.91. The number of hydrogen-bond acceptors (Lipinski definition) is 6. The van der Waals surface area contributed by atoms with E-state index < -0.39 is 0 Å². The number of amides is 2. The molecule has 0 unspecified atom stereocenters. The van der Waals surface area contributed by atoms with Crippen LogP contribution < -0.4 is 10.2 Å². The first kappa shape index (κ1) is 15.0. The van der Waals surface area contributed by atoms with Crippen molar-refractivity contribution in [1.29, 1.82) is 0 Å². The molecule has 0 bridgehead atoms. The summed E-state index contributed by atoms with van der Waals surface area (Å²) in [4.78, 5) is 34.9. The Labute approximate surface area is 133 Å². The molecule has 23 heavy (non-hydrogen) atoms. The second-order valence-corrected chi connectivity index (χ2v) is 5.15. The van der Waals surface area contributed by atoms with Crippen LogP contribution in [0.15, 0.2) is 35.2 Å². The monoisotopic (exact) mass is 315 g/mol. The van der Waals surface area contributed by atoms with Crippen LogP contribution in [0.3, 0.4) is 0 Å². The van der Waals surface area contributed by atoms with Crippen LogP contribution >= 0.6 is 0 Å². The van der Waals surface area contributed by atoms with E-state index in [2.05, 4.69) is 15.3 Å². The average molecular weight is 315 g/mol. The van der Waals surface area contributed by atoms with E-state index in [1.54, 1.807) is 29.5 Å². The largest absolute Gasteiger partial charge is 0.467 e. The molecule has 1 aliphatic heterocycles. The van der Waals surface area contributed by atoms with Crippen LogP contribution in [0.25, 0.3) is 0 Å². The van der Waals surface area contributed by atoms with Crippen molar-refractivity contribution >= 4 is 18.1 Å². The third-order valence-corrected chi connectivity index (χ3v) is 3.66. The van der Waals surface area contributed by atoms with Crippen LogP contribution in [0.5, 0.6) is 0 Å². The Morgan fingerprint density at radius 3 is 2.70 bits per heavy atom. The molecule has 0 atom stereocenters. The predicted molar refractivity (Wildman–Crippen MR) is 81.8 cm³/mol. The van der Waals surface area contributed by atoms with Crippen molar-refractivity contribution in [2.45, 2.75) is 6.54 Å². The van der Waals surface area contributed by atoms with Crippen molar-refractivity contribution in [1.82, 2.24) is 20.2 Å². The SMILES string of the molecule is O=CN1CCN(c2cnc(C(=O)NCc3ccco3)cn2)CC1. The quantitative estimate of drug-likeness (QED) is 0.797. The van der Waals surface area contributed by atoms with E-state index in [4.69, 9.17) is 4.42 Å². The van der Waals surface area contributed by atoms with E-state index in [1.807, 2.05) is 4.90 Å². The lowest BCUT2D eigenvalue weighted by atomic mass is 10.3. The fourth-order valence-corrected chi connectivity index (χ4v) is 2.33. The Bertz CT molecular complexity index is 648. The molecule has 1 aliphatic rings. The topological polar surface area (TPSA) is 91.6 Å². The summed E-state index contributed by atoms with van der Waals surface area (Å²) in [6.45, 7) is 3.05. The number of piperazine rings is 1. The van der Waals surface area contributed by atoms with Gasteiger partial charge in [-0.15, -0.1) is 0 Å². The van der Waals surface area contributed by atoms with Crippen molar-refractivity contribution in [2.75, 3.05) is 31.1 Å². The number of hydrogen-bond donors (Lipinski definition) is 1. The molecule has 0 aliphatic carbocycles. The van der Waals surface area contributed by atoms with Crippen LogP contribution in [-0.4, -0.2) is 53.4 Å². The molecule has 2 aromatic heterocycles. The van der Waals surface area contributed by atoms with Gasteiger partial charge in [0, 0.05) is 26.2 Å². The zero-order chi connectivity index (χ0) is 16.1. The molecule has 3 rings (SSSR count). The van der Waals surface area contributed by atoms with Crippen molar-refractivity contribution in [2.24, 2.45) is 0 Å². The normalized spacial score (nSPS) is 14.6. The highest BCUT2D eigenvalue weighted by molar-refractivity contribution is 5.91. The number of aromatic nitrogens is 2. The highest BCUT2D eigenvalue weighted by Crippen LogP contribution is 2.11. The molecule has 1 fully saturated rings. The highest BCUT2D eigenvalue weighted by atomic mass is 16.3. The summed E-state index contributed by atoms with van der Waals surface area (Å²) in [5, 5.41) is 2.72. The number of nitrogens with zero attached hydrogens (tertiary/aromatic N) is 4. The van der Waals surface area contributed by atoms with Gasteiger partial charge in [0.1, 0.15) is 17.3 Å². The number of anilines is 1. The maximum absolute atomic E-state index is 12.0. The minimum atomic E-state index is -0.300. The maximum atomic E-state index is 12.0. The summed E-state index contributed by atoms with van der Waals surface area (Å²) in [7, 11) is 0. The molecular formula is C15H17N5O3. The zero-order valence-electron chi connectivity index (χ0n) is 12.5. The number of furan rings is 1. The first-order valence-electron chi connectivity index (χ1n) is 7.33. The van der Waals surface area contributed by atoms with Crippen LogP contribution in [-0.2, 0) is 11.3 Å². The van der Waals surface area contributed by atoms with Crippen molar-refractivity contribution in [3.63, 3.8) is 0 Å². The van der Waals surface area contributed by atoms with Gasteiger partial charge in [0.15, 0.2) is 0 Å². The Morgan fingerprint density at radius 2 is 2.09 bits per heavy atom. The minimum Gasteiger partial charge on any atom is -0.467 e. The molecule has 0 saturated carbocycles. The van der Waals surface area contributed by atoms with Gasteiger partial charge in [0.2, 0.25) is 6.41 Å². The molecule has 2 aromatic rings. The van der Waals surface area contributed by atoms with Crippen molar-refractivity contribution in [3.8, 4) is 0 Å². The number of carbonyl (C=O) groups is 2. The summed E-state index contributed by atoms with van der Waals surface area (Å²) in [5.41, 5.74) is 0.256. The van der Waals surface area contributed by atoms with Crippen LogP contribution in [0.1, 0.15) is 16.2 Å². The standard InChI is InChI=1S/C15H17N5O3/c21-11-19-3-5-20(6-4-19)14-10-16-13(9-17-14)15(22)18-8-12-2-1-7-23-12/h1-2,7,9-11H,3-6,8H2,(H,18,22). The van der Waals surface area contributed by atoms with Crippen molar-refractivity contribution in [3.05, 3.63) is 42.2 Å². The summed E-state index contributed by atoms with van der Waals surface area (Å²) in [6.07, 6.45) is 5.45. The lowest BCUT2D eigenvalue weighted by molar-refractivity contribution is -0.118. The third kappa shape index (κ3) is 3.65. The van der Waals surface area contributed by atoms with E-state index in [1.165, 1.54) is 6.20 Å². The molecule has 2 amide bonds. The summed E-state index contributed by atoms with van der Waals surface area (Å²) >= 11 is 0. The molecule has 8 heteroatoms. The predicted octanol–water partition coefficient (Wildman–Crippen LogP) is 0.278. The van der Waals surface area contributed by atoms with Gasteiger partial charge in [-0.25, -0.2) is 9.97 Å². The summed E-state index contributed by atoms with van der Waals surface area (Å²) < 4.78 is 5.15. The van der Waals surface area contributed by atoms with E-state index in [9.17, 15) is 9.59 Å². The van der Waals surface area contributed by atoms with Gasteiger partial charge in [-0.05, 0) is 12.1 Å². The number of rotatable bonds is 5. The average Bonchev–Trinajstić information content (AvgIpc) is 3.13. The number of nitrogens with one attached hydrogen (secondary N) is 1.